The average molecular weight is 336 g/mol. The van der Waals surface area contributed by atoms with Crippen LogP contribution >= 0.6 is 11.3 Å². The molecule has 2 fully saturated rings. The van der Waals surface area contributed by atoms with Gasteiger partial charge in [-0.3, -0.25) is 19.8 Å². The lowest BCUT2D eigenvalue weighted by atomic mass is 10.2. The van der Waals surface area contributed by atoms with Gasteiger partial charge in [0.1, 0.15) is 12.6 Å². The molecule has 0 bridgehead atoms. The van der Waals surface area contributed by atoms with Gasteiger partial charge >= 0.3 is 12.1 Å². The zero-order chi connectivity index (χ0) is 16.4. The lowest BCUT2D eigenvalue weighted by Crippen LogP contribution is -2.46. The standard InChI is InChI=1S/C14H16N4O4S/c19-11(16-13(21)15-7-9-3-2-6-23-9)8-18-12(20)10-4-1-5-17(10)14(18)22/h2-3,6,10H,1,4-5,7-8H2,(H2,15,16,19,21)/t10-/m0/s1. The van der Waals surface area contributed by atoms with Crippen molar-refractivity contribution in [3.63, 3.8) is 0 Å². The van der Waals surface area contributed by atoms with Crippen molar-refractivity contribution >= 4 is 35.2 Å². The Kier molecular flexibility index (Phi) is 4.28. The Morgan fingerprint density at radius 3 is 2.87 bits per heavy atom. The van der Waals surface area contributed by atoms with Gasteiger partial charge in [-0.05, 0) is 24.3 Å². The third-order valence-corrected chi connectivity index (χ3v) is 4.71. The number of thiophene rings is 1. The molecular weight excluding hydrogens is 320 g/mol. The van der Waals surface area contributed by atoms with E-state index in [1.54, 1.807) is 0 Å². The van der Waals surface area contributed by atoms with Gasteiger partial charge < -0.3 is 10.2 Å². The van der Waals surface area contributed by atoms with Crippen molar-refractivity contribution in [3.8, 4) is 0 Å². The van der Waals surface area contributed by atoms with Crippen molar-refractivity contribution in [1.29, 1.82) is 0 Å². The molecule has 1 aromatic heterocycles. The smallest absolute Gasteiger partial charge is 0.327 e. The Morgan fingerprint density at radius 1 is 1.35 bits per heavy atom. The van der Waals surface area contributed by atoms with E-state index in [0.717, 1.165) is 16.2 Å². The summed E-state index contributed by atoms with van der Waals surface area (Å²) in [4.78, 5) is 51.0. The van der Waals surface area contributed by atoms with Crippen LogP contribution in [0.3, 0.4) is 0 Å². The number of imide groups is 2. The van der Waals surface area contributed by atoms with Crippen LogP contribution < -0.4 is 10.6 Å². The van der Waals surface area contributed by atoms with E-state index in [1.807, 2.05) is 17.5 Å². The van der Waals surface area contributed by atoms with Gasteiger partial charge in [0.05, 0.1) is 6.54 Å². The van der Waals surface area contributed by atoms with E-state index in [1.165, 1.54) is 16.2 Å². The van der Waals surface area contributed by atoms with Crippen LogP contribution in [0.5, 0.6) is 0 Å². The molecule has 0 radical (unpaired) electrons. The predicted octanol–water partition coefficient (Wildman–Crippen LogP) is 0.501. The third kappa shape index (κ3) is 3.19. The van der Waals surface area contributed by atoms with Crippen LogP contribution in [0, 0.1) is 0 Å². The molecule has 0 aromatic carbocycles. The zero-order valence-electron chi connectivity index (χ0n) is 12.3. The molecule has 2 N–H and O–H groups in total. The van der Waals surface area contributed by atoms with Crippen LogP contribution in [0.1, 0.15) is 17.7 Å². The second-order valence-electron chi connectivity index (χ2n) is 5.37. The Bertz CT molecular complexity index is 623. The third-order valence-electron chi connectivity index (χ3n) is 3.84. The van der Waals surface area contributed by atoms with E-state index in [0.29, 0.717) is 19.5 Å². The van der Waals surface area contributed by atoms with Crippen molar-refractivity contribution in [2.75, 3.05) is 13.1 Å². The molecule has 8 nitrogen and oxygen atoms in total. The van der Waals surface area contributed by atoms with Gasteiger partial charge in [-0.25, -0.2) is 9.59 Å². The maximum atomic E-state index is 12.1. The van der Waals surface area contributed by atoms with Gasteiger partial charge in [0.2, 0.25) is 5.91 Å². The van der Waals surface area contributed by atoms with Crippen LogP contribution in [0.15, 0.2) is 17.5 Å². The van der Waals surface area contributed by atoms with Gasteiger partial charge in [0.15, 0.2) is 0 Å². The summed E-state index contributed by atoms with van der Waals surface area (Å²) in [5.41, 5.74) is 0. The largest absolute Gasteiger partial charge is 0.333 e. The summed E-state index contributed by atoms with van der Waals surface area (Å²) in [5, 5.41) is 6.56. The van der Waals surface area contributed by atoms with Gasteiger partial charge in [0, 0.05) is 11.4 Å². The number of nitrogens with zero attached hydrogens (tertiary/aromatic N) is 2. The molecule has 2 saturated heterocycles. The first-order chi connectivity index (χ1) is 11.1. The first-order valence-corrected chi connectivity index (χ1v) is 8.16. The predicted molar refractivity (Wildman–Crippen MR) is 81.5 cm³/mol. The summed E-state index contributed by atoms with van der Waals surface area (Å²) in [6.07, 6.45) is 1.43. The zero-order valence-corrected chi connectivity index (χ0v) is 13.1. The van der Waals surface area contributed by atoms with Crippen LogP contribution in [0.2, 0.25) is 0 Å². The molecule has 2 aliphatic heterocycles. The Labute approximate surface area is 136 Å². The molecule has 2 aliphatic rings. The molecule has 9 heteroatoms. The fourth-order valence-electron chi connectivity index (χ4n) is 2.76. The van der Waals surface area contributed by atoms with Crippen LogP contribution in [0.4, 0.5) is 9.59 Å². The normalized spacial score (nSPS) is 19.9. The van der Waals surface area contributed by atoms with E-state index < -0.39 is 30.6 Å². The molecule has 0 aliphatic carbocycles. The van der Waals surface area contributed by atoms with Crippen LogP contribution in [-0.4, -0.2) is 52.8 Å². The number of urea groups is 2. The molecule has 3 rings (SSSR count). The van der Waals surface area contributed by atoms with Gasteiger partial charge in [0.25, 0.3) is 5.91 Å². The Balaban J connectivity index is 1.48. The van der Waals surface area contributed by atoms with E-state index in [9.17, 15) is 19.2 Å². The molecule has 0 spiro atoms. The van der Waals surface area contributed by atoms with Crippen molar-refractivity contribution in [3.05, 3.63) is 22.4 Å². The summed E-state index contributed by atoms with van der Waals surface area (Å²) in [5.74, 6) is -1.04. The maximum absolute atomic E-state index is 12.1. The molecule has 23 heavy (non-hydrogen) atoms. The summed E-state index contributed by atoms with van der Waals surface area (Å²) in [6, 6.07) is 2.18. The van der Waals surface area contributed by atoms with Crippen molar-refractivity contribution in [2.24, 2.45) is 0 Å². The van der Waals surface area contributed by atoms with Crippen LogP contribution in [0.25, 0.3) is 0 Å². The van der Waals surface area contributed by atoms with Gasteiger partial charge in [-0.1, -0.05) is 6.07 Å². The summed E-state index contributed by atoms with van der Waals surface area (Å²) >= 11 is 1.49. The summed E-state index contributed by atoms with van der Waals surface area (Å²) < 4.78 is 0. The highest BCUT2D eigenvalue weighted by Gasteiger charge is 2.47. The Morgan fingerprint density at radius 2 is 2.17 bits per heavy atom. The second-order valence-corrected chi connectivity index (χ2v) is 6.40. The first kappa shape index (κ1) is 15.5. The lowest BCUT2D eigenvalue weighted by molar-refractivity contribution is -0.132. The number of nitrogens with one attached hydrogen (secondary N) is 2. The topological polar surface area (TPSA) is 98.8 Å². The van der Waals surface area contributed by atoms with Crippen molar-refractivity contribution < 1.29 is 19.2 Å². The minimum Gasteiger partial charge on any atom is -0.333 e. The summed E-state index contributed by atoms with van der Waals surface area (Å²) in [6.45, 7) is 0.417. The highest BCUT2D eigenvalue weighted by molar-refractivity contribution is 7.09. The number of fused-ring (bicyclic) bond motifs is 1. The van der Waals surface area contributed by atoms with Gasteiger partial charge in [-0.2, -0.15) is 0 Å². The molecular formula is C14H16N4O4S. The number of hydrogen-bond donors (Lipinski definition) is 2. The SMILES string of the molecule is O=C(CN1C(=O)[C@@H]2CCCN2C1=O)NC(=O)NCc1cccs1. The first-order valence-electron chi connectivity index (χ1n) is 7.28. The number of carbonyl (C=O) groups excluding carboxylic acids is 4. The number of amides is 6. The monoisotopic (exact) mass is 336 g/mol. The summed E-state index contributed by atoms with van der Waals surface area (Å²) in [7, 11) is 0. The number of rotatable bonds is 4. The highest BCUT2D eigenvalue weighted by Crippen LogP contribution is 2.26. The van der Waals surface area contributed by atoms with E-state index >= 15 is 0 Å². The minimum atomic E-state index is -0.684. The fraction of sp³-hybridized carbons (Fsp3) is 0.429. The molecule has 6 amide bonds. The highest BCUT2D eigenvalue weighted by atomic mass is 32.1. The van der Waals surface area contributed by atoms with E-state index in [-0.39, 0.29) is 5.91 Å². The van der Waals surface area contributed by atoms with E-state index in [2.05, 4.69) is 10.6 Å². The molecule has 122 valence electrons. The number of hydrogen-bond acceptors (Lipinski definition) is 5. The lowest BCUT2D eigenvalue weighted by Gasteiger charge is -2.14. The quantitative estimate of drug-likeness (QED) is 0.782. The van der Waals surface area contributed by atoms with Gasteiger partial charge in [-0.15, -0.1) is 11.3 Å². The molecule has 3 heterocycles. The van der Waals surface area contributed by atoms with Crippen LogP contribution in [-0.2, 0) is 16.1 Å². The molecule has 1 aromatic rings. The second kappa shape index (κ2) is 6.37. The molecule has 0 saturated carbocycles. The van der Waals surface area contributed by atoms with Crippen molar-refractivity contribution in [1.82, 2.24) is 20.4 Å². The minimum absolute atomic E-state index is 0.314. The Hall–Kier alpha value is -2.42. The maximum Gasteiger partial charge on any atom is 0.327 e. The average Bonchev–Trinajstić information content (AvgIpc) is 3.23. The molecule has 0 unspecified atom stereocenters. The van der Waals surface area contributed by atoms with E-state index in [4.69, 9.17) is 0 Å². The fourth-order valence-corrected chi connectivity index (χ4v) is 3.41. The van der Waals surface area contributed by atoms with Crippen molar-refractivity contribution in [2.45, 2.75) is 25.4 Å². The molecule has 1 atom stereocenters. The number of carbonyl (C=O) groups is 4.